The monoisotopic (exact) mass is 156 g/mol. The molecule has 0 unspecified atom stereocenters. The minimum atomic E-state index is -0.255. The predicted octanol–water partition coefficient (Wildman–Crippen LogP) is 0.352. The molecule has 62 valence electrons. The van der Waals surface area contributed by atoms with E-state index >= 15 is 0 Å². The summed E-state index contributed by atoms with van der Waals surface area (Å²) in [5.41, 5.74) is 0. The van der Waals surface area contributed by atoms with Crippen LogP contribution in [0.2, 0.25) is 0 Å². The quantitative estimate of drug-likeness (QED) is 0.335. The van der Waals surface area contributed by atoms with Gasteiger partial charge in [0.25, 0.3) is 0 Å². The average Bonchev–Trinajstić information content (AvgIpc) is 2.01. The molecule has 0 radical (unpaired) electrons. The van der Waals surface area contributed by atoms with Crippen LogP contribution in [0.1, 0.15) is 13.3 Å². The zero-order valence-corrected chi connectivity index (χ0v) is 6.83. The largest absolute Gasteiger partial charge is 0.466 e. The van der Waals surface area contributed by atoms with Crippen LogP contribution >= 0.6 is 0 Å². The number of hydrogen-bond donors (Lipinski definition) is 0. The van der Waals surface area contributed by atoms with Crippen LogP contribution in [0.3, 0.4) is 0 Å². The second-order valence-electron chi connectivity index (χ2n) is 2.08. The van der Waals surface area contributed by atoms with E-state index in [0.717, 1.165) is 0 Å². The van der Waals surface area contributed by atoms with E-state index in [1.165, 1.54) is 4.90 Å². The molecule has 4 heteroatoms. The molecule has 0 aliphatic carbocycles. The van der Waals surface area contributed by atoms with Crippen LogP contribution < -0.4 is 0 Å². The van der Waals surface area contributed by atoms with E-state index in [1.807, 2.05) is 6.19 Å². The third-order valence-corrected chi connectivity index (χ3v) is 1.13. The molecule has 0 aromatic carbocycles. The van der Waals surface area contributed by atoms with Crippen molar-refractivity contribution in [3.63, 3.8) is 0 Å². The molecule has 4 nitrogen and oxygen atoms in total. The van der Waals surface area contributed by atoms with Crippen molar-refractivity contribution < 1.29 is 9.53 Å². The fourth-order valence-corrected chi connectivity index (χ4v) is 0.542. The van der Waals surface area contributed by atoms with Crippen LogP contribution in [0, 0.1) is 11.5 Å². The minimum absolute atomic E-state index is 0.255. The van der Waals surface area contributed by atoms with Gasteiger partial charge in [0.2, 0.25) is 0 Å². The van der Waals surface area contributed by atoms with Gasteiger partial charge in [-0.15, -0.1) is 0 Å². The van der Waals surface area contributed by atoms with Crippen LogP contribution in [0.25, 0.3) is 0 Å². The first-order chi connectivity index (χ1) is 5.20. The van der Waals surface area contributed by atoms with Gasteiger partial charge in [0.1, 0.15) is 0 Å². The van der Waals surface area contributed by atoms with E-state index in [-0.39, 0.29) is 12.4 Å². The fraction of sp³-hybridized carbons (Fsp3) is 0.714. The number of carbonyl (C=O) groups is 1. The van der Waals surface area contributed by atoms with Crippen molar-refractivity contribution in [3.05, 3.63) is 0 Å². The summed E-state index contributed by atoms with van der Waals surface area (Å²) in [5, 5.41) is 8.30. The highest BCUT2D eigenvalue weighted by Gasteiger charge is 2.02. The Balaban J connectivity index is 3.39. The van der Waals surface area contributed by atoms with Gasteiger partial charge in [-0.3, -0.25) is 4.79 Å². The van der Waals surface area contributed by atoms with E-state index < -0.39 is 0 Å². The van der Waals surface area contributed by atoms with Gasteiger partial charge in [0.05, 0.1) is 13.0 Å². The van der Waals surface area contributed by atoms with Gasteiger partial charge in [-0.2, -0.15) is 5.26 Å². The lowest BCUT2D eigenvalue weighted by atomic mass is 10.4. The topological polar surface area (TPSA) is 53.3 Å². The molecule has 0 spiro atoms. The SMILES string of the molecule is CCOC(=O)CCN(C)C#N. The van der Waals surface area contributed by atoms with Gasteiger partial charge in [0.15, 0.2) is 6.19 Å². The first-order valence-corrected chi connectivity index (χ1v) is 3.47. The summed E-state index contributed by atoms with van der Waals surface area (Å²) in [6, 6.07) is 0. The number of nitrogens with zero attached hydrogens (tertiary/aromatic N) is 2. The summed E-state index contributed by atoms with van der Waals surface area (Å²) in [5.74, 6) is -0.255. The number of hydrogen-bond acceptors (Lipinski definition) is 4. The highest BCUT2D eigenvalue weighted by atomic mass is 16.5. The van der Waals surface area contributed by atoms with Gasteiger partial charge in [-0.25, -0.2) is 0 Å². The first kappa shape index (κ1) is 9.76. The fourth-order valence-electron chi connectivity index (χ4n) is 0.542. The third kappa shape index (κ3) is 5.22. The Morgan fingerprint density at radius 3 is 2.82 bits per heavy atom. The summed E-state index contributed by atoms with van der Waals surface area (Å²) in [6.07, 6.45) is 2.16. The summed E-state index contributed by atoms with van der Waals surface area (Å²) >= 11 is 0. The molecule has 0 atom stereocenters. The third-order valence-electron chi connectivity index (χ3n) is 1.13. The van der Waals surface area contributed by atoms with Crippen molar-refractivity contribution in [2.75, 3.05) is 20.2 Å². The maximum atomic E-state index is 10.7. The molecule has 0 aromatic rings. The van der Waals surface area contributed by atoms with Gasteiger partial charge in [-0.05, 0) is 6.92 Å². The Morgan fingerprint density at radius 1 is 1.73 bits per heavy atom. The van der Waals surface area contributed by atoms with Crippen molar-refractivity contribution in [2.45, 2.75) is 13.3 Å². The Morgan fingerprint density at radius 2 is 2.36 bits per heavy atom. The van der Waals surface area contributed by atoms with Crippen LogP contribution in [-0.2, 0) is 9.53 Å². The van der Waals surface area contributed by atoms with E-state index in [0.29, 0.717) is 13.2 Å². The summed E-state index contributed by atoms with van der Waals surface area (Å²) in [6.45, 7) is 2.58. The molecule has 0 aliphatic heterocycles. The van der Waals surface area contributed by atoms with Gasteiger partial charge < -0.3 is 9.64 Å². The van der Waals surface area contributed by atoms with Gasteiger partial charge in [-0.1, -0.05) is 0 Å². The van der Waals surface area contributed by atoms with Gasteiger partial charge >= 0.3 is 5.97 Å². The van der Waals surface area contributed by atoms with E-state index in [1.54, 1.807) is 14.0 Å². The zero-order valence-electron chi connectivity index (χ0n) is 6.83. The van der Waals surface area contributed by atoms with Crippen LogP contribution in [0.15, 0.2) is 0 Å². The maximum Gasteiger partial charge on any atom is 0.307 e. The standard InChI is InChI=1S/C7H12N2O2/c1-3-11-7(10)4-5-9(2)6-8/h3-5H2,1-2H3. The molecule has 0 aliphatic rings. The van der Waals surface area contributed by atoms with Gasteiger partial charge in [0, 0.05) is 13.6 Å². The summed E-state index contributed by atoms with van der Waals surface area (Å²) in [7, 11) is 1.62. The molecular formula is C7H12N2O2. The van der Waals surface area contributed by atoms with Crippen LogP contribution in [0.5, 0.6) is 0 Å². The van der Waals surface area contributed by atoms with Crippen molar-refractivity contribution in [3.8, 4) is 6.19 Å². The molecule has 0 amide bonds. The second kappa shape index (κ2) is 5.54. The molecule has 0 saturated heterocycles. The second-order valence-corrected chi connectivity index (χ2v) is 2.08. The predicted molar refractivity (Wildman–Crippen MR) is 39.5 cm³/mol. The number of nitriles is 1. The minimum Gasteiger partial charge on any atom is -0.466 e. The van der Waals surface area contributed by atoms with E-state index in [2.05, 4.69) is 4.74 Å². The molecule has 11 heavy (non-hydrogen) atoms. The molecule has 0 rings (SSSR count). The average molecular weight is 156 g/mol. The van der Waals surface area contributed by atoms with Crippen molar-refractivity contribution in [1.29, 1.82) is 5.26 Å². The molecule has 0 heterocycles. The Bertz CT molecular complexity index is 162. The highest BCUT2D eigenvalue weighted by Crippen LogP contribution is 1.88. The maximum absolute atomic E-state index is 10.7. The Hall–Kier alpha value is -1.24. The molecular weight excluding hydrogens is 144 g/mol. The summed E-state index contributed by atoms with van der Waals surface area (Å²) in [4.78, 5) is 12.1. The number of rotatable bonds is 4. The smallest absolute Gasteiger partial charge is 0.307 e. The lowest BCUT2D eigenvalue weighted by molar-refractivity contribution is -0.143. The molecule has 0 saturated carbocycles. The lowest BCUT2D eigenvalue weighted by Gasteiger charge is -2.06. The zero-order chi connectivity index (χ0) is 8.69. The lowest BCUT2D eigenvalue weighted by Crippen LogP contribution is -2.17. The van der Waals surface area contributed by atoms with E-state index in [4.69, 9.17) is 5.26 Å². The number of esters is 1. The van der Waals surface area contributed by atoms with Crippen molar-refractivity contribution in [1.82, 2.24) is 4.90 Å². The Labute approximate surface area is 66.4 Å². The van der Waals surface area contributed by atoms with Crippen molar-refractivity contribution in [2.24, 2.45) is 0 Å². The molecule has 0 N–H and O–H groups in total. The highest BCUT2D eigenvalue weighted by molar-refractivity contribution is 5.69. The van der Waals surface area contributed by atoms with Crippen LogP contribution in [-0.4, -0.2) is 31.1 Å². The summed E-state index contributed by atoms with van der Waals surface area (Å²) < 4.78 is 4.66. The first-order valence-electron chi connectivity index (χ1n) is 3.47. The normalized spacial score (nSPS) is 8.45. The molecule has 0 bridgehead atoms. The van der Waals surface area contributed by atoms with Crippen molar-refractivity contribution >= 4 is 5.97 Å². The number of ether oxygens (including phenoxy) is 1. The molecule has 0 fully saturated rings. The molecule has 0 aromatic heterocycles. The Kier molecular flexibility index (Phi) is 4.91. The van der Waals surface area contributed by atoms with Crippen LogP contribution in [0.4, 0.5) is 0 Å². The number of carbonyl (C=O) groups excluding carboxylic acids is 1. The van der Waals surface area contributed by atoms with E-state index in [9.17, 15) is 4.79 Å².